The number of thioether (sulfide) groups is 2. The lowest BCUT2D eigenvalue weighted by Gasteiger charge is -2.24. The largest absolute Gasteiger partial charge is 0.347 e. The van der Waals surface area contributed by atoms with Gasteiger partial charge in [-0.25, -0.2) is 4.98 Å². The number of aromatic nitrogens is 1. The van der Waals surface area contributed by atoms with Crippen LogP contribution in [0.2, 0.25) is 5.02 Å². The van der Waals surface area contributed by atoms with Gasteiger partial charge in [-0.2, -0.15) is 11.8 Å². The van der Waals surface area contributed by atoms with Crippen molar-refractivity contribution in [3.05, 3.63) is 52.5 Å². The SMILES string of the molecule is CSCCC(NC(=O)CC1Sc2ccc(Cl)cc2NC1=O)c1nc2ccccc2s1. The second-order valence-corrected chi connectivity index (χ2v) is 10.6. The molecule has 0 radical (unpaired) electrons. The standard InChI is InChI=1S/C21H20ClN3O2S3/c1-28-9-8-14(21-25-13-4-2-3-5-16(13)30-21)23-19(26)11-18-20(27)24-15-10-12(22)6-7-17(15)29-18/h2-7,10,14,18H,8-9,11H2,1H3,(H,23,26)(H,24,27). The third-order valence-electron chi connectivity index (χ3n) is 4.69. The van der Waals surface area contributed by atoms with Crippen LogP contribution in [0.5, 0.6) is 0 Å². The van der Waals surface area contributed by atoms with E-state index in [2.05, 4.69) is 10.6 Å². The predicted molar refractivity (Wildman–Crippen MR) is 128 cm³/mol. The third-order valence-corrected chi connectivity index (χ3v) is 7.99. The van der Waals surface area contributed by atoms with Gasteiger partial charge < -0.3 is 10.6 Å². The highest BCUT2D eigenvalue weighted by Crippen LogP contribution is 2.38. The Labute approximate surface area is 192 Å². The molecule has 0 aliphatic carbocycles. The van der Waals surface area contributed by atoms with Gasteiger partial charge in [0.25, 0.3) is 0 Å². The van der Waals surface area contributed by atoms with Gasteiger partial charge in [0, 0.05) is 16.3 Å². The fourth-order valence-corrected chi connectivity index (χ4v) is 6.00. The summed E-state index contributed by atoms with van der Waals surface area (Å²) in [5, 5.41) is 6.96. The van der Waals surface area contributed by atoms with Crippen LogP contribution in [0.3, 0.4) is 0 Å². The first-order chi connectivity index (χ1) is 14.5. The summed E-state index contributed by atoms with van der Waals surface area (Å²) >= 11 is 10.7. The van der Waals surface area contributed by atoms with Gasteiger partial charge >= 0.3 is 0 Å². The van der Waals surface area contributed by atoms with E-state index in [9.17, 15) is 9.59 Å². The van der Waals surface area contributed by atoms with Gasteiger partial charge in [-0.05, 0) is 48.8 Å². The monoisotopic (exact) mass is 477 g/mol. The van der Waals surface area contributed by atoms with E-state index in [1.807, 2.05) is 36.6 Å². The lowest BCUT2D eigenvalue weighted by Crippen LogP contribution is -2.36. The molecule has 1 aliphatic rings. The Morgan fingerprint density at radius 3 is 2.97 bits per heavy atom. The van der Waals surface area contributed by atoms with Crippen LogP contribution in [-0.4, -0.2) is 34.1 Å². The van der Waals surface area contributed by atoms with E-state index >= 15 is 0 Å². The molecule has 1 aliphatic heterocycles. The average molecular weight is 478 g/mol. The fourth-order valence-electron chi connectivity index (χ4n) is 3.21. The maximum absolute atomic E-state index is 12.8. The molecular formula is C21H20ClN3O2S3. The first-order valence-electron chi connectivity index (χ1n) is 9.44. The van der Waals surface area contributed by atoms with Gasteiger partial charge in [0.15, 0.2) is 0 Å². The van der Waals surface area contributed by atoms with Crippen LogP contribution < -0.4 is 10.6 Å². The zero-order valence-corrected chi connectivity index (χ0v) is 19.4. The Bertz CT molecular complexity index is 1060. The fraction of sp³-hybridized carbons (Fsp3) is 0.286. The summed E-state index contributed by atoms with van der Waals surface area (Å²) in [5.74, 6) is 0.587. The number of halogens is 1. The van der Waals surface area contributed by atoms with Crippen LogP contribution in [0.1, 0.15) is 23.9 Å². The molecule has 0 saturated carbocycles. The molecule has 2 aromatic carbocycles. The van der Waals surface area contributed by atoms with Crippen molar-refractivity contribution in [2.75, 3.05) is 17.3 Å². The summed E-state index contributed by atoms with van der Waals surface area (Å²) in [5.41, 5.74) is 1.64. The van der Waals surface area contributed by atoms with Gasteiger partial charge in [0.05, 0.1) is 27.2 Å². The minimum Gasteiger partial charge on any atom is -0.347 e. The number of thiazole rings is 1. The summed E-state index contributed by atoms with van der Waals surface area (Å²) < 4.78 is 1.10. The van der Waals surface area contributed by atoms with Crippen molar-refractivity contribution < 1.29 is 9.59 Å². The van der Waals surface area contributed by atoms with Gasteiger partial charge in [-0.15, -0.1) is 23.1 Å². The molecule has 2 unspecified atom stereocenters. The third kappa shape index (κ3) is 4.94. The molecule has 2 heterocycles. The molecule has 9 heteroatoms. The van der Waals surface area contributed by atoms with Crippen molar-refractivity contribution in [2.45, 2.75) is 29.0 Å². The average Bonchev–Trinajstić information content (AvgIpc) is 3.16. The molecule has 30 heavy (non-hydrogen) atoms. The van der Waals surface area contributed by atoms with E-state index in [4.69, 9.17) is 16.6 Å². The van der Waals surface area contributed by atoms with E-state index in [0.717, 1.165) is 32.3 Å². The Morgan fingerprint density at radius 1 is 1.33 bits per heavy atom. The molecule has 0 fully saturated rings. The van der Waals surface area contributed by atoms with Crippen molar-refractivity contribution in [3.8, 4) is 0 Å². The number of fused-ring (bicyclic) bond motifs is 2. The zero-order valence-electron chi connectivity index (χ0n) is 16.2. The lowest BCUT2D eigenvalue weighted by molar-refractivity contribution is -0.124. The molecule has 5 nitrogen and oxygen atoms in total. The summed E-state index contributed by atoms with van der Waals surface area (Å²) in [6.07, 6.45) is 2.95. The molecule has 156 valence electrons. The maximum Gasteiger partial charge on any atom is 0.238 e. The second-order valence-electron chi connectivity index (χ2n) is 6.86. The molecule has 3 aromatic rings. The highest BCUT2D eigenvalue weighted by molar-refractivity contribution is 8.01. The molecule has 0 bridgehead atoms. The van der Waals surface area contributed by atoms with E-state index in [-0.39, 0.29) is 24.3 Å². The highest BCUT2D eigenvalue weighted by Gasteiger charge is 2.30. The van der Waals surface area contributed by atoms with Crippen molar-refractivity contribution >= 4 is 74.2 Å². The Hall–Kier alpha value is -1.74. The summed E-state index contributed by atoms with van der Waals surface area (Å²) in [6, 6.07) is 13.2. The van der Waals surface area contributed by atoms with Crippen molar-refractivity contribution in [1.82, 2.24) is 10.3 Å². The summed E-state index contributed by atoms with van der Waals surface area (Å²) in [6.45, 7) is 0. The quantitative estimate of drug-likeness (QED) is 0.479. The van der Waals surface area contributed by atoms with E-state index in [1.54, 1.807) is 35.2 Å². The molecule has 1 aromatic heterocycles. The van der Waals surface area contributed by atoms with Crippen molar-refractivity contribution in [2.24, 2.45) is 0 Å². The zero-order chi connectivity index (χ0) is 21.1. The van der Waals surface area contributed by atoms with Crippen LogP contribution in [0.4, 0.5) is 5.69 Å². The number of carbonyl (C=O) groups is 2. The minimum absolute atomic E-state index is 0.110. The summed E-state index contributed by atoms with van der Waals surface area (Å²) in [4.78, 5) is 30.9. The number of amides is 2. The number of nitrogens with zero attached hydrogens (tertiary/aromatic N) is 1. The maximum atomic E-state index is 12.8. The van der Waals surface area contributed by atoms with Crippen molar-refractivity contribution in [3.63, 3.8) is 0 Å². The minimum atomic E-state index is -0.477. The molecule has 2 atom stereocenters. The number of anilines is 1. The van der Waals surface area contributed by atoms with Crippen LogP contribution in [0.25, 0.3) is 10.2 Å². The molecule has 4 rings (SSSR count). The molecular weight excluding hydrogens is 458 g/mol. The molecule has 2 N–H and O–H groups in total. The number of para-hydroxylation sites is 1. The van der Waals surface area contributed by atoms with Crippen LogP contribution in [0, 0.1) is 0 Å². The van der Waals surface area contributed by atoms with Gasteiger partial charge in [-0.1, -0.05) is 23.7 Å². The molecule has 2 amide bonds. The normalized spacial score (nSPS) is 16.7. The smallest absolute Gasteiger partial charge is 0.238 e. The topological polar surface area (TPSA) is 71.1 Å². The Balaban J connectivity index is 1.46. The highest BCUT2D eigenvalue weighted by atomic mass is 35.5. The van der Waals surface area contributed by atoms with Crippen LogP contribution >= 0.6 is 46.5 Å². The second kappa shape index (κ2) is 9.60. The number of rotatable bonds is 7. The van der Waals surface area contributed by atoms with E-state index < -0.39 is 5.25 Å². The lowest BCUT2D eigenvalue weighted by atomic mass is 10.2. The summed E-state index contributed by atoms with van der Waals surface area (Å²) in [7, 11) is 0. The van der Waals surface area contributed by atoms with Crippen LogP contribution in [-0.2, 0) is 9.59 Å². The number of hydrogen-bond acceptors (Lipinski definition) is 6. The van der Waals surface area contributed by atoms with E-state index in [1.165, 1.54) is 11.8 Å². The number of carbonyl (C=O) groups excluding carboxylic acids is 2. The molecule has 0 saturated heterocycles. The number of hydrogen-bond donors (Lipinski definition) is 2. The number of benzene rings is 2. The van der Waals surface area contributed by atoms with Crippen molar-refractivity contribution in [1.29, 1.82) is 0 Å². The Morgan fingerprint density at radius 2 is 2.17 bits per heavy atom. The Kier molecular flexibility index (Phi) is 6.87. The van der Waals surface area contributed by atoms with Gasteiger partial charge in [0.2, 0.25) is 11.8 Å². The first kappa shape index (κ1) is 21.5. The number of nitrogens with one attached hydrogen (secondary N) is 2. The molecule has 0 spiro atoms. The van der Waals surface area contributed by atoms with Gasteiger partial charge in [-0.3, -0.25) is 9.59 Å². The first-order valence-corrected chi connectivity index (χ1v) is 12.9. The predicted octanol–water partition coefficient (Wildman–Crippen LogP) is 5.36. The van der Waals surface area contributed by atoms with Gasteiger partial charge in [0.1, 0.15) is 5.01 Å². The van der Waals surface area contributed by atoms with E-state index in [0.29, 0.717) is 10.7 Å². The van der Waals surface area contributed by atoms with Crippen LogP contribution in [0.15, 0.2) is 47.4 Å².